The number of ketones is 1. The van der Waals surface area contributed by atoms with E-state index in [0.717, 1.165) is 24.6 Å². The molecule has 1 aliphatic heterocycles. The monoisotopic (exact) mass is 231 g/mol. The van der Waals surface area contributed by atoms with Gasteiger partial charge in [0.2, 0.25) is 0 Å². The number of rotatable bonds is 4. The molecule has 92 valence electrons. The van der Waals surface area contributed by atoms with E-state index < -0.39 is 0 Å². The highest BCUT2D eigenvalue weighted by Crippen LogP contribution is 2.25. The zero-order valence-corrected chi connectivity index (χ0v) is 10.8. The number of hydrogen-bond acceptors (Lipinski definition) is 2. The van der Waals surface area contributed by atoms with Crippen molar-refractivity contribution in [1.82, 2.24) is 0 Å². The third kappa shape index (κ3) is 2.68. The fraction of sp³-hybridized carbons (Fsp3) is 0.533. The fourth-order valence-electron chi connectivity index (χ4n) is 2.46. The van der Waals surface area contributed by atoms with E-state index in [0.29, 0.717) is 6.42 Å². The second kappa shape index (κ2) is 5.35. The van der Waals surface area contributed by atoms with Crippen molar-refractivity contribution in [3.05, 3.63) is 29.8 Å². The van der Waals surface area contributed by atoms with E-state index in [4.69, 9.17) is 0 Å². The summed E-state index contributed by atoms with van der Waals surface area (Å²) in [4.78, 5) is 14.0. The van der Waals surface area contributed by atoms with E-state index in [1.165, 1.54) is 18.5 Å². The van der Waals surface area contributed by atoms with Crippen LogP contribution in [0.1, 0.15) is 43.5 Å². The van der Waals surface area contributed by atoms with Gasteiger partial charge < -0.3 is 4.90 Å². The van der Waals surface area contributed by atoms with Crippen molar-refractivity contribution in [2.24, 2.45) is 5.92 Å². The maximum absolute atomic E-state index is 11.5. The van der Waals surface area contributed by atoms with Gasteiger partial charge in [-0.1, -0.05) is 20.3 Å². The van der Waals surface area contributed by atoms with E-state index in [9.17, 15) is 4.79 Å². The average molecular weight is 231 g/mol. The van der Waals surface area contributed by atoms with Gasteiger partial charge in [0.15, 0.2) is 5.78 Å². The van der Waals surface area contributed by atoms with Crippen LogP contribution >= 0.6 is 0 Å². The average Bonchev–Trinajstić information content (AvgIpc) is 2.87. The van der Waals surface area contributed by atoms with Crippen LogP contribution in [0, 0.1) is 5.92 Å². The Kier molecular flexibility index (Phi) is 3.82. The number of hydrogen-bond donors (Lipinski definition) is 0. The van der Waals surface area contributed by atoms with Gasteiger partial charge in [-0.3, -0.25) is 4.79 Å². The van der Waals surface area contributed by atoms with Gasteiger partial charge >= 0.3 is 0 Å². The van der Waals surface area contributed by atoms with Gasteiger partial charge in [-0.2, -0.15) is 0 Å². The minimum atomic E-state index is 0.226. The molecule has 0 N–H and O–H groups in total. The quantitative estimate of drug-likeness (QED) is 0.739. The van der Waals surface area contributed by atoms with Gasteiger partial charge in [-0.15, -0.1) is 0 Å². The summed E-state index contributed by atoms with van der Waals surface area (Å²) in [5.41, 5.74) is 2.09. The molecule has 0 unspecified atom stereocenters. The lowest BCUT2D eigenvalue weighted by molar-refractivity contribution is 0.0988. The molecular weight excluding hydrogens is 210 g/mol. The molecule has 1 fully saturated rings. The zero-order chi connectivity index (χ0) is 12.3. The number of Topliss-reactive ketones (excluding diaryl/α,β-unsaturated/α-hetero) is 1. The second-order valence-electron chi connectivity index (χ2n) is 4.83. The highest BCUT2D eigenvalue weighted by Gasteiger charge is 2.20. The number of benzene rings is 1. The van der Waals surface area contributed by atoms with Crippen molar-refractivity contribution in [2.75, 3.05) is 18.0 Å². The molecule has 0 spiro atoms. The first-order chi connectivity index (χ1) is 8.24. The molecule has 0 radical (unpaired) electrons. The Labute approximate surface area is 104 Å². The van der Waals surface area contributed by atoms with Gasteiger partial charge in [-0.05, 0) is 36.6 Å². The van der Waals surface area contributed by atoms with E-state index in [-0.39, 0.29) is 5.78 Å². The molecule has 1 aromatic rings. The van der Waals surface area contributed by atoms with Gasteiger partial charge in [0.1, 0.15) is 0 Å². The van der Waals surface area contributed by atoms with Gasteiger partial charge in [0, 0.05) is 30.8 Å². The first-order valence-corrected chi connectivity index (χ1v) is 6.62. The SMILES string of the molecule is CCC(=O)c1ccc(N2CC[C@@H](CC)C2)cc1. The summed E-state index contributed by atoms with van der Waals surface area (Å²) < 4.78 is 0. The van der Waals surface area contributed by atoms with Crippen LogP contribution in [0.5, 0.6) is 0 Å². The fourth-order valence-corrected chi connectivity index (χ4v) is 2.46. The van der Waals surface area contributed by atoms with E-state index in [1.807, 2.05) is 19.1 Å². The van der Waals surface area contributed by atoms with Crippen LogP contribution in [0.4, 0.5) is 5.69 Å². The van der Waals surface area contributed by atoms with Crippen LogP contribution in [-0.4, -0.2) is 18.9 Å². The van der Waals surface area contributed by atoms with Crippen molar-refractivity contribution in [1.29, 1.82) is 0 Å². The Bertz CT molecular complexity index is 382. The van der Waals surface area contributed by atoms with Gasteiger partial charge in [-0.25, -0.2) is 0 Å². The first kappa shape index (κ1) is 12.2. The van der Waals surface area contributed by atoms with E-state index in [1.54, 1.807) is 0 Å². The summed E-state index contributed by atoms with van der Waals surface area (Å²) in [6.07, 6.45) is 3.15. The maximum Gasteiger partial charge on any atom is 0.162 e. The highest BCUT2D eigenvalue weighted by atomic mass is 16.1. The van der Waals surface area contributed by atoms with Crippen molar-refractivity contribution in [3.63, 3.8) is 0 Å². The number of anilines is 1. The van der Waals surface area contributed by atoms with Crippen LogP contribution in [0.25, 0.3) is 0 Å². The molecule has 17 heavy (non-hydrogen) atoms. The predicted octanol–water partition coefficient (Wildman–Crippen LogP) is 3.52. The Balaban J connectivity index is 2.06. The zero-order valence-electron chi connectivity index (χ0n) is 10.8. The van der Waals surface area contributed by atoms with Crippen LogP contribution in [0.2, 0.25) is 0 Å². The van der Waals surface area contributed by atoms with Gasteiger partial charge in [0.05, 0.1) is 0 Å². The maximum atomic E-state index is 11.5. The summed E-state index contributed by atoms with van der Waals surface area (Å²) in [6.45, 7) is 6.48. The normalized spacial score (nSPS) is 19.6. The Hall–Kier alpha value is -1.31. The molecule has 1 saturated heterocycles. The highest BCUT2D eigenvalue weighted by molar-refractivity contribution is 5.96. The molecule has 0 aliphatic carbocycles. The molecule has 0 bridgehead atoms. The van der Waals surface area contributed by atoms with Crippen LogP contribution in [-0.2, 0) is 0 Å². The molecule has 1 aromatic carbocycles. The summed E-state index contributed by atoms with van der Waals surface area (Å²) in [7, 11) is 0. The lowest BCUT2D eigenvalue weighted by Gasteiger charge is -2.18. The molecule has 1 atom stereocenters. The first-order valence-electron chi connectivity index (χ1n) is 6.62. The van der Waals surface area contributed by atoms with Crippen LogP contribution < -0.4 is 4.90 Å². The third-order valence-electron chi connectivity index (χ3n) is 3.74. The molecule has 2 nitrogen and oxygen atoms in total. The molecule has 0 amide bonds. The van der Waals surface area contributed by atoms with E-state index in [2.05, 4.69) is 24.0 Å². The Morgan fingerprint density at radius 1 is 1.29 bits per heavy atom. The number of carbonyl (C=O) groups excluding carboxylic acids is 1. The smallest absolute Gasteiger partial charge is 0.162 e. The minimum Gasteiger partial charge on any atom is -0.371 e. The third-order valence-corrected chi connectivity index (χ3v) is 3.74. The lowest BCUT2D eigenvalue weighted by Crippen LogP contribution is -2.19. The molecule has 2 heteroatoms. The molecule has 1 aliphatic rings. The number of nitrogens with zero attached hydrogens (tertiary/aromatic N) is 1. The molecule has 2 rings (SSSR count). The van der Waals surface area contributed by atoms with E-state index >= 15 is 0 Å². The molecule has 0 saturated carbocycles. The summed E-state index contributed by atoms with van der Waals surface area (Å²) >= 11 is 0. The lowest BCUT2D eigenvalue weighted by atomic mass is 10.1. The van der Waals surface area contributed by atoms with Crippen LogP contribution in [0.15, 0.2) is 24.3 Å². The Morgan fingerprint density at radius 3 is 2.53 bits per heavy atom. The number of carbonyl (C=O) groups is 1. The van der Waals surface area contributed by atoms with Crippen molar-refractivity contribution >= 4 is 11.5 Å². The van der Waals surface area contributed by atoms with Crippen LogP contribution in [0.3, 0.4) is 0 Å². The minimum absolute atomic E-state index is 0.226. The standard InChI is InChI=1S/C15H21NO/c1-3-12-9-10-16(11-12)14-7-5-13(6-8-14)15(17)4-2/h5-8,12H,3-4,9-11H2,1-2H3/t12-/m1/s1. The summed E-state index contributed by atoms with van der Waals surface area (Å²) in [5.74, 6) is 1.07. The predicted molar refractivity (Wildman–Crippen MR) is 71.7 cm³/mol. The second-order valence-corrected chi connectivity index (χ2v) is 4.83. The summed E-state index contributed by atoms with van der Waals surface area (Å²) in [5, 5.41) is 0. The van der Waals surface area contributed by atoms with Gasteiger partial charge in [0.25, 0.3) is 0 Å². The van der Waals surface area contributed by atoms with Crippen molar-refractivity contribution in [3.8, 4) is 0 Å². The van der Waals surface area contributed by atoms with Crippen molar-refractivity contribution in [2.45, 2.75) is 33.1 Å². The Morgan fingerprint density at radius 2 is 2.00 bits per heavy atom. The summed E-state index contributed by atoms with van der Waals surface area (Å²) in [6, 6.07) is 8.09. The largest absolute Gasteiger partial charge is 0.371 e. The topological polar surface area (TPSA) is 20.3 Å². The molecule has 1 heterocycles. The molecule has 0 aromatic heterocycles. The van der Waals surface area contributed by atoms with Crippen molar-refractivity contribution < 1.29 is 4.79 Å². The molecular formula is C15H21NO.